The third-order valence-corrected chi connectivity index (χ3v) is 3.65. The van der Waals surface area contributed by atoms with E-state index in [1.165, 1.54) is 19.3 Å². The molecule has 0 aromatic heterocycles. The van der Waals surface area contributed by atoms with Gasteiger partial charge < -0.3 is 15.4 Å². The zero-order valence-corrected chi connectivity index (χ0v) is 14.0. The van der Waals surface area contributed by atoms with Gasteiger partial charge in [0.1, 0.15) is 5.60 Å². The Labute approximate surface area is 124 Å². The van der Waals surface area contributed by atoms with E-state index in [0.717, 1.165) is 18.4 Å². The lowest BCUT2D eigenvalue weighted by Crippen LogP contribution is -2.46. The molecule has 1 aliphatic carbocycles. The first-order valence-electron chi connectivity index (χ1n) is 7.88. The van der Waals surface area contributed by atoms with E-state index >= 15 is 0 Å². The molecule has 4 nitrogen and oxygen atoms in total. The van der Waals surface area contributed by atoms with E-state index in [2.05, 4.69) is 24.5 Å². The second-order valence-corrected chi connectivity index (χ2v) is 7.57. The fourth-order valence-corrected chi connectivity index (χ4v) is 3.02. The Morgan fingerprint density at radius 2 is 1.75 bits per heavy atom. The average molecular weight is 284 g/mol. The topological polar surface area (TPSA) is 50.4 Å². The van der Waals surface area contributed by atoms with Gasteiger partial charge in [0.2, 0.25) is 0 Å². The summed E-state index contributed by atoms with van der Waals surface area (Å²) in [5.41, 5.74) is -0.439. The second-order valence-electron chi connectivity index (χ2n) is 7.57. The standard InChI is InChI=1S/C16H32N2O2/c1-11-7-12(2)9-14(8-11)17-10-13(3)18-15(19)20-16(4,5)6/h11-14,17H,7-10H2,1-6H3,(H,18,19). The highest BCUT2D eigenvalue weighted by Crippen LogP contribution is 2.28. The van der Waals surface area contributed by atoms with Crippen LogP contribution in [0, 0.1) is 11.8 Å². The van der Waals surface area contributed by atoms with Gasteiger partial charge in [-0.15, -0.1) is 0 Å². The number of carbonyl (C=O) groups is 1. The van der Waals surface area contributed by atoms with Crippen LogP contribution in [0.5, 0.6) is 0 Å². The highest BCUT2D eigenvalue weighted by atomic mass is 16.6. The lowest BCUT2D eigenvalue weighted by Gasteiger charge is -2.33. The van der Waals surface area contributed by atoms with Crippen LogP contribution < -0.4 is 10.6 Å². The minimum absolute atomic E-state index is 0.0809. The monoisotopic (exact) mass is 284 g/mol. The van der Waals surface area contributed by atoms with Crippen molar-refractivity contribution in [2.45, 2.75) is 78.5 Å². The van der Waals surface area contributed by atoms with Crippen molar-refractivity contribution in [3.05, 3.63) is 0 Å². The molecule has 0 aromatic carbocycles. The number of nitrogens with one attached hydrogen (secondary N) is 2. The van der Waals surface area contributed by atoms with Gasteiger partial charge >= 0.3 is 6.09 Å². The van der Waals surface area contributed by atoms with Crippen LogP contribution in [0.15, 0.2) is 0 Å². The van der Waals surface area contributed by atoms with Crippen molar-refractivity contribution in [1.82, 2.24) is 10.6 Å². The Hall–Kier alpha value is -0.770. The van der Waals surface area contributed by atoms with Crippen LogP contribution in [0.1, 0.15) is 60.8 Å². The lowest BCUT2D eigenvalue weighted by atomic mass is 9.80. The molecular weight excluding hydrogens is 252 g/mol. The van der Waals surface area contributed by atoms with Crippen LogP contribution in [-0.2, 0) is 4.74 Å². The van der Waals surface area contributed by atoms with Gasteiger partial charge in [-0.2, -0.15) is 0 Å². The van der Waals surface area contributed by atoms with Gasteiger partial charge in [-0.1, -0.05) is 13.8 Å². The van der Waals surface area contributed by atoms with Gasteiger partial charge in [0.05, 0.1) is 0 Å². The molecule has 0 bridgehead atoms. The molecule has 1 amide bonds. The first-order chi connectivity index (χ1) is 9.15. The van der Waals surface area contributed by atoms with Crippen molar-refractivity contribution < 1.29 is 9.53 Å². The molecule has 3 unspecified atom stereocenters. The highest BCUT2D eigenvalue weighted by Gasteiger charge is 2.24. The number of hydrogen-bond donors (Lipinski definition) is 2. The quantitative estimate of drug-likeness (QED) is 0.832. The molecular formula is C16H32N2O2. The van der Waals surface area contributed by atoms with Crippen LogP contribution in [-0.4, -0.2) is 30.3 Å². The number of rotatable bonds is 4. The normalized spacial score (nSPS) is 28.8. The maximum Gasteiger partial charge on any atom is 0.407 e. The fraction of sp³-hybridized carbons (Fsp3) is 0.938. The van der Waals surface area contributed by atoms with Gasteiger partial charge in [-0.25, -0.2) is 4.79 Å². The Bertz CT molecular complexity index is 302. The first kappa shape index (κ1) is 17.3. The minimum Gasteiger partial charge on any atom is -0.444 e. The molecule has 0 saturated heterocycles. The van der Waals surface area contributed by atoms with Crippen molar-refractivity contribution >= 4 is 6.09 Å². The van der Waals surface area contributed by atoms with Crippen molar-refractivity contribution in [3.63, 3.8) is 0 Å². The molecule has 1 fully saturated rings. The summed E-state index contributed by atoms with van der Waals surface area (Å²) in [4.78, 5) is 11.7. The van der Waals surface area contributed by atoms with E-state index in [1.807, 2.05) is 27.7 Å². The summed E-state index contributed by atoms with van der Waals surface area (Å²) in [5, 5.41) is 6.45. The predicted octanol–water partition coefficient (Wildman–Crippen LogP) is 3.31. The van der Waals surface area contributed by atoms with E-state index < -0.39 is 5.60 Å². The minimum atomic E-state index is -0.439. The third-order valence-electron chi connectivity index (χ3n) is 3.65. The number of ether oxygens (including phenoxy) is 1. The Kier molecular flexibility index (Phi) is 6.31. The smallest absolute Gasteiger partial charge is 0.407 e. The molecule has 20 heavy (non-hydrogen) atoms. The summed E-state index contributed by atoms with van der Waals surface area (Å²) in [7, 11) is 0. The van der Waals surface area contributed by atoms with Gasteiger partial charge in [-0.05, 0) is 58.8 Å². The van der Waals surface area contributed by atoms with E-state index in [9.17, 15) is 4.79 Å². The summed E-state index contributed by atoms with van der Waals surface area (Å²) in [6.07, 6.45) is 3.48. The molecule has 0 radical (unpaired) electrons. The molecule has 1 aliphatic rings. The van der Waals surface area contributed by atoms with Gasteiger partial charge in [0.15, 0.2) is 0 Å². The maximum absolute atomic E-state index is 11.7. The second kappa shape index (κ2) is 7.30. The summed E-state index contributed by atoms with van der Waals surface area (Å²) in [6, 6.07) is 0.661. The zero-order chi connectivity index (χ0) is 15.3. The van der Waals surface area contributed by atoms with Crippen molar-refractivity contribution in [2.75, 3.05) is 6.54 Å². The van der Waals surface area contributed by atoms with Crippen LogP contribution in [0.2, 0.25) is 0 Å². The predicted molar refractivity (Wildman–Crippen MR) is 82.8 cm³/mol. The van der Waals surface area contributed by atoms with E-state index in [0.29, 0.717) is 6.04 Å². The third kappa shape index (κ3) is 7.13. The van der Waals surface area contributed by atoms with Crippen LogP contribution in [0.3, 0.4) is 0 Å². The summed E-state index contributed by atoms with van der Waals surface area (Å²) in [5.74, 6) is 1.59. The zero-order valence-electron chi connectivity index (χ0n) is 14.0. The van der Waals surface area contributed by atoms with Gasteiger partial charge in [-0.3, -0.25) is 0 Å². The molecule has 118 valence electrons. The molecule has 0 aliphatic heterocycles. The number of hydrogen-bond acceptors (Lipinski definition) is 3. The summed E-state index contributed by atoms with van der Waals surface area (Å²) >= 11 is 0. The largest absolute Gasteiger partial charge is 0.444 e. The van der Waals surface area contributed by atoms with Crippen LogP contribution in [0.4, 0.5) is 4.79 Å². The van der Waals surface area contributed by atoms with E-state index in [4.69, 9.17) is 4.74 Å². The van der Waals surface area contributed by atoms with Crippen LogP contribution in [0.25, 0.3) is 0 Å². The molecule has 3 atom stereocenters. The average Bonchev–Trinajstić information content (AvgIpc) is 2.22. The van der Waals surface area contributed by atoms with Gasteiger partial charge in [0, 0.05) is 18.6 Å². The van der Waals surface area contributed by atoms with Crippen molar-refractivity contribution in [3.8, 4) is 0 Å². The van der Waals surface area contributed by atoms with E-state index in [1.54, 1.807) is 0 Å². The molecule has 2 N–H and O–H groups in total. The van der Waals surface area contributed by atoms with Gasteiger partial charge in [0.25, 0.3) is 0 Å². The highest BCUT2D eigenvalue weighted by molar-refractivity contribution is 5.68. The van der Waals surface area contributed by atoms with Crippen molar-refractivity contribution in [2.24, 2.45) is 11.8 Å². The Balaban J connectivity index is 2.25. The Morgan fingerprint density at radius 1 is 1.20 bits per heavy atom. The maximum atomic E-state index is 11.7. The lowest BCUT2D eigenvalue weighted by molar-refractivity contribution is 0.0506. The number of alkyl carbamates (subject to hydrolysis) is 1. The SMILES string of the molecule is CC1CC(C)CC(NCC(C)NC(=O)OC(C)(C)C)C1. The Morgan fingerprint density at radius 3 is 2.25 bits per heavy atom. The summed E-state index contributed by atoms with van der Waals surface area (Å²) in [6.45, 7) is 13.1. The summed E-state index contributed by atoms with van der Waals surface area (Å²) < 4.78 is 5.26. The fourth-order valence-electron chi connectivity index (χ4n) is 3.02. The molecule has 0 aromatic rings. The van der Waals surface area contributed by atoms with Crippen LogP contribution >= 0.6 is 0 Å². The number of carbonyl (C=O) groups excluding carboxylic acids is 1. The number of amides is 1. The molecule has 1 saturated carbocycles. The molecule has 4 heteroatoms. The molecule has 0 spiro atoms. The first-order valence-corrected chi connectivity index (χ1v) is 7.88. The van der Waals surface area contributed by atoms with E-state index in [-0.39, 0.29) is 12.1 Å². The molecule has 0 heterocycles. The molecule has 1 rings (SSSR count). The van der Waals surface area contributed by atoms with Crippen molar-refractivity contribution in [1.29, 1.82) is 0 Å².